The summed E-state index contributed by atoms with van der Waals surface area (Å²) in [6.45, 7) is 4.12. The van der Waals surface area contributed by atoms with Gasteiger partial charge in [0.05, 0.1) is 5.02 Å². The predicted molar refractivity (Wildman–Crippen MR) is 92.0 cm³/mol. The first-order valence-corrected chi connectivity index (χ1v) is 8.12. The maximum atomic E-state index is 6.25. The third-order valence-corrected chi connectivity index (χ3v) is 4.17. The highest BCUT2D eigenvalue weighted by molar-refractivity contribution is 9.10. The minimum atomic E-state index is -0.214. The Morgan fingerprint density at radius 1 is 1.24 bits per heavy atom. The number of ether oxygens (including phenoxy) is 1. The van der Waals surface area contributed by atoms with Gasteiger partial charge in [-0.3, -0.25) is 0 Å². The molecule has 2 aromatic carbocycles. The van der Waals surface area contributed by atoms with Gasteiger partial charge in [0.15, 0.2) is 0 Å². The van der Waals surface area contributed by atoms with Crippen LogP contribution in [0.5, 0.6) is 5.75 Å². The fourth-order valence-corrected chi connectivity index (χ4v) is 2.89. The quantitative estimate of drug-likeness (QED) is 0.780. The molecule has 0 aromatic heterocycles. The van der Waals surface area contributed by atoms with Crippen LogP contribution in [0.15, 0.2) is 46.9 Å². The van der Waals surface area contributed by atoms with Gasteiger partial charge in [-0.05, 0) is 37.1 Å². The molecular weight excluding hydrogens is 350 g/mol. The van der Waals surface area contributed by atoms with Gasteiger partial charge >= 0.3 is 0 Å². The van der Waals surface area contributed by atoms with Crippen molar-refractivity contribution in [2.24, 2.45) is 5.73 Å². The van der Waals surface area contributed by atoms with Crippen LogP contribution < -0.4 is 10.5 Å². The van der Waals surface area contributed by atoms with Gasteiger partial charge in [0.1, 0.15) is 11.9 Å². The average molecular weight is 369 g/mol. The number of hydrogen-bond donors (Lipinski definition) is 1. The standard InChI is InChI=1S/C17H19BrClNO/c1-3-15(20)17(12-6-4-5-11(2)9-12)21-16-8-7-13(18)10-14(16)19/h4-10,15,17H,3,20H2,1-2H3. The molecule has 4 heteroatoms. The lowest BCUT2D eigenvalue weighted by atomic mass is 9.99. The van der Waals surface area contributed by atoms with Crippen molar-refractivity contribution in [1.29, 1.82) is 0 Å². The number of aryl methyl sites for hydroxylation is 1. The van der Waals surface area contributed by atoms with E-state index in [-0.39, 0.29) is 12.1 Å². The van der Waals surface area contributed by atoms with E-state index in [0.717, 1.165) is 16.5 Å². The van der Waals surface area contributed by atoms with Crippen LogP contribution in [0, 0.1) is 6.92 Å². The van der Waals surface area contributed by atoms with Crippen LogP contribution in [0.25, 0.3) is 0 Å². The van der Waals surface area contributed by atoms with Gasteiger partial charge in [-0.25, -0.2) is 0 Å². The second kappa shape index (κ2) is 7.30. The maximum Gasteiger partial charge on any atom is 0.139 e. The zero-order valence-electron chi connectivity index (χ0n) is 12.1. The summed E-state index contributed by atoms with van der Waals surface area (Å²) < 4.78 is 7.04. The molecule has 0 aliphatic carbocycles. The van der Waals surface area contributed by atoms with E-state index in [9.17, 15) is 0 Å². The Hall–Kier alpha value is -1.03. The van der Waals surface area contributed by atoms with Gasteiger partial charge in [0.25, 0.3) is 0 Å². The highest BCUT2D eigenvalue weighted by atomic mass is 79.9. The molecule has 2 rings (SSSR count). The molecule has 112 valence electrons. The molecule has 21 heavy (non-hydrogen) atoms. The van der Waals surface area contributed by atoms with Crippen LogP contribution in [-0.4, -0.2) is 6.04 Å². The largest absolute Gasteiger partial charge is 0.483 e. The van der Waals surface area contributed by atoms with Gasteiger partial charge in [-0.2, -0.15) is 0 Å². The van der Waals surface area contributed by atoms with E-state index < -0.39 is 0 Å². The molecule has 2 N–H and O–H groups in total. The Bertz CT molecular complexity index is 617. The summed E-state index contributed by atoms with van der Waals surface area (Å²) in [5.41, 5.74) is 8.51. The molecule has 0 spiro atoms. The summed E-state index contributed by atoms with van der Waals surface area (Å²) in [7, 11) is 0. The van der Waals surface area contributed by atoms with Crippen LogP contribution in [-0.2, 0) is 0 Å². The lowest BCUT2D eigenvalue weighted by molar-refractivity contribution is 0.171. The zero-order chi connectivity index (χ0) is 15.4. The first-order valence-electron chi connectivity index (χ1n) is 6.95. The van der Waals surface area contributed by atoms with Crippen molar-refractivity contribution in [2.75, 3.05) is 0 Å². The fraction of sp³-hybridized carbons (Fsp3) is 0.294. The van der Waals surface area contributed by atoms with E-state index >= 15 is 0 Å². The minimum absolute atomic E-state index is 0.0912. The van der Waals surface area contributed by atoms with Crippen molar-refractivity contribution in [3.63, 3.8) is 0 Å². The summed E-state index contributed by atoms with van der Waals surface area (Å²) in [5, 5.41) is 0.574. The van der Waals surface area contributed by atoms with Gasteiger partial charge in [0, 0.05) is 10.5 Å². The third-order valence-electron chi connectivity index (χ3n) is 3.38. The van der Waals surface area contributed by atoms with E-state index in [1.165, 1.54) is 5.56 Å². The van der Waals surface area contributed by atoms with Crippen LogP contribution in [0.1, 0.15) is 30.6 Å². The first-order chi connectivity index (χ1) is 10.0. The van der Waals surface area contributed by atoms with E-state index in [0.29, 0.717) is 10.8 Å². The van der Waals surface area contributed by atoms with E-state index in [4.69, 9.17) is 22.1 Å². The summed E-state index contributed by atoms with van der Waals surface area (Å²) in [4.78, 5) is 0. The molecule has 2 atom stereocenters. The Kier molecular flexibility index (Phi) is 5.68. The molecule has 2 unspecified atom stereocenters. The molecule has 0 amide bonds. The fourth-order valence-electron chi connectivity index (χ4n) is 2.17. The maximum absolute atomic E-state index is 6.25. The smallest absolute Gasteiger partial charge is 0.139 e. The highest BCUT2D eigenvalue weighted by Gasteiger charge is 2.21. The summed E-state index contributed by atoms with van der Waals surface area (Å²) in [6, 6.07) is 13.7. The van der Waals surface area contributed by atoms with Crippen LogP contribution >= 0.6 is 27.5 Å². The molecule has 0 radical (unpaired) electrons. The Morgan fingerprint density at radius 3 is 2.62 bits per heavy atom. The predicted octanol–water partition coefficient (Wildman–Crippen LogP) is 5.27. The average Bonchev–Trinajstić information content (AvgIpc) is 2.45. The van der Waals surface area contributed by atoms with E-state index in [2.05, 4.69) is 41.9 Å². The molecule has 2 nitrogen and oxygen atoms in total. The first kappa shape index (κ1) is 16.3. The third kappa shape index (κ3) is 4.22. The number of nitrogens with two attached hydrogens (primary N) is 1. The van der Waals surface area contributed by atoms with Crippen molar-refractivity contribution < 1.29 is 4.74 Å². The SMILES string of the molecule is CCC(N)C(Oc1ccc(Br)cc1Cl)c1cccc(C)c1. The number of benzene rings is 2. The van der Waals surface area contributed by atoms with Gasteiger partial charge in [-0.15, -0.1) is 0 Å². The van der Waals surface area contributed by atoms with E-state index in [1.54, 1.807) is 0 Å². The van der Waals surface area contributed by atoms with Crippen molar-refractivity contribution in [3.8, 4) is 5.75 Å². The van der Waals surface area contributed by atoms with Crippen LogP contribution in [0.3, 0.4) is 0 Å². The van der Waals surface area contributed by atoms with Gasteiger partial charge in [0.2, 0.25) is 0 Å². The molecule has 2 aromatic rings. The van der Waals surface area contributed by atoms with E-state index in [1.807, 2.05) is 30.3 Å². The van der Waals surface area contributed by atoms with Gasteiger partial charge in [-0.1, -0.05) is 64.3 Å². The van der Waals surface area contributed by atoms with Crippen LogP contribution in [0.4, 0.5) is 0 Å². The van der Waals surface area contributed by atoms with Crippen molar-refractivity contribution in [1.82, 2.24) is 0 Å². The molecule has 0 heterocycles. The molecular formula is C17H19BrClNO. The molecule has 0 saturated carbocycles. The normalized spacial score (nSPS) is 13.8. The summed E-state index contributed by atoms with van der Waals surface area (Å²) in [6.07, 6.45) is 0.612. The molecule has 0 aliphatic rings. The Morgan fingerprint density at radius 2 is 2.00 bits per heavy atom. The number of rotatable bonds is 5. The number of halogens is 2. The van der Waals surface area contributed by atoms with Crippen molar-refractivity contribution in [3.05, 3.63) is 63.1 Å². The summed E-state index contributed by atoms with van der Waals surface area (Å²) in [5.74, 6) is 0.648. The van der Waals surface area contributed by atoms with Crippen molar-refractivity contribution in [2.45, 2.75) is 32.4 Å². The Balaban J connectivity index is 2.33. The minimum Gasteiger partial charge on any atom is -0.483 e. The Labute approximate surface area is 139 Å². The number of hydrogen-bond acceptors (Lipinski definition) is 2. The highest BCUT2D eigenvalue weighted by Crippen LogP contribution is 2.33. The molecule has 0 bridgehead atoms. The van der Waals surface area contributed by atoms with Gasteiger partial charge < -0.3 is 10.5 Å². The zero-order valence-corrected chi connectivity index (χ0v) is 14.5. The monoisotopic (exact) mass is 367 g/mol. The second-order valence-electron chi connectivity index (χ2n) is 5.10. The lowest BCUT2D eigenvalue weighted by Crippen LogP contribution is -2.31. The van der Waals surface area contributed by atoms with Crippen LogP contribution in [0.2, 0.25) is 5.02 Å². The second-order valence-corrected chi connectivity index (χ2v) is 6.42. The summed E-state index contributed by atoms with van der Waals surface area (Å²) >= 11 is 9.64. The topological polar surface area (TPSA) is 35.2 Å². The lowest BCUT2D eigenvalue weighted by Gasteiger charge is -2.25. The molecule has 0 saturated heterocycles. The molecule has 0 aliphatic heterocycles. The van der Waals surface area contributed by atoms with Crippen molar-refractivity contribution >= 4 is 27.5 Å². The molecule has 0 fully saturated rings.